The molecule has 0 saturated heterocycles. The highest BCUT2D eigenvalue weighted by atomic mass is 32.1. The molecule has 0 amide bonds. The van der Waals surface area contributed by atoms with Crippen LogP contribution in [0.5, 0.6) is 0 Å². The van der Waals surface area contributed by atoms with Crippen molar-refractivity contribution in [3.63, 3.8) is 0 Å². The zero-order valence-corrected chi connectivity index (χ0v) is 11.7. The zero-order chi connectivity index (χ0) is 13.1. The number of hydrogen-bond donors (Lipinski definition) is 0. The van der Waals surface area contributed by atoms with Crippen molar-refractivity contribution in [1.29, 1.82) is 0 Å². The summed E-state index contributed by atoms with van der Waals surface area (Å²) in [5, 5.41) is 4.12. The number of aromatic nitrogens is 2. The van der Waals surface area contributed by atoms with E-state index in [-0.39, 0.29) is 5.78 Å². The normalized spacial score (nSPS) is 11.1. The first-order valence-corrected chi connectivity index (χ1v) is 6.62. The van der Waals surface area contributed by atoms with Gasteiger partial charge < -0.3 is 0 Å². The third kappa shape index (κ3) is 3.27. The minimum Gasteiger partial charge on any atom is -0.294 e. The van der Waals surface area contributed by atoms with Gasteiger partial charge in [-0.05, 0) is 26.1 Å². The lowest BCUT2D eigenvalue weighted by atomic mass is 10.2. The van der Waals surface area contributed by atoms with Crippen molar-refractivity contribution in [3.05, 3.63) is 39.8 Å². The molecule has 0 aliphatic heterocycles. The monoisotopic (exact) mass is 263 g/mol. The van der Waals surface area contributed by atoms with Gasteiger partial charge in [-0.15, -0.1) is 11.3 Å². The summed E-state index contributed by atoms with van der Waals surface area (Å²) in [4.78, 5) is 16.0. The number of aryl methyl sites for hydroxylation is 2. The van der Waals surface area contributed by atoms with Crippen LogP contribution in [0.1, 0.15) is 20.1 Å². The quantitative estimate of drug-likeness (QED) is 0.775. The maximum Gasteiger partial charge on any atom is 0.186 e. The Kier molecular flexibility index (Phi) is 3.93. The second-order valence-electron chi connectivity index (χ2n) is 4.53. The molecule has 2 aromatic heterocycles. The smallest absolute Gasteiger partial charge is 0.186 e. The van der Waals surface area contributed by atoms with Gasteiger partial charge in [-0.1, -0.05) is 0 Å². The van der Waals surface area contributed by atoms with Gasteiger partial charge in [0.2, 0.25) is 0 Å². The molecule has 5 heteroatoms. The highest BCUT2D eigenvalue weighted by Gasteiger charge is 2.11. The molecule has 96 valence electrons. The van der Waals surface area contributed by atoms with E-state index < -0.39 is 0 Å². The number of rotatable bonds is 5. The Balaban J connectivity index is 1.91. The number of ketones is 1. The summed E-state index contributed by atoms with van der Waals surface area (Å²) in [6.45, 7) is 3.19. The molecule has 0 bridgehead atoms. The van der Waals surface area contributed by atoms with Crippen LogP contribution in [0, 0.1) is 6.92 Å². The molecular weight excluding hydrogens is 246 g/mol. The summed E-state index contributed by atoms with van der Waals surface area (Å²) in [5.41, 5.74) is 1.12. The molecule has 0 atom stereocenters. The van der Waals surface area contributed by atoms with Crippen LogP contribution < -0.4 is 0 Å². The molecule has 2 heterocycles. The summed E-state index contributed by atoms with van der Waals surface area (Å²) in [5.74, 6) is 0.180. The van der Waals surface area contributed by atoms with E-state index in [1.165, 1.54) is 4.88 Å². The summed E-state index contributed by atoms with van der Waals surface area (Å²) in [7, 11) is 3.84. The Morgan fingerprint density at radius 2 is 2.28 bits per heavy atom. The maximum absolute atomic E-state index is 12.0. The summed E-state index contributed by atoms with van der Waals surface area (Å²) in [6, 6.07) is 3.89. The van der Waals surface area contributed by atoms with Crippen LogP contribution in [0.4, 0.5) is 0 Å². The number of Topliss-reactive ketones (excluding diaryl/α,β-unsaturated/α-hetero) is 1. The van der Waals surface area contributed by atoms with E-state index in [4.69, 9.17) is 0 Å². The number of carbonyl (C=O) groups excluding carboxylic acids is 1. The van der Waals surface area contributed by atoms with E-state index in [0.717, 1.165) is 17.0 Å². The van der Waals surface area contributed by atoms with Crippen molar-refractivity contribution in [3.8, 4) is 0 Å². The summed E-state index contributed by atoms with van der Waals surface area (Å²) >= 11 is 1.56. The van der Waals surface area contributed by atoms with Crippen LogP contribution in [-0.2, 0) is 13.6 Å². The first-order chi connectivity index (χ1) is 8.54. The van der Waals surface area contributed by atoms with Crippen molar-refractivity contribution in [1.82, 2.24) is 14.7 Å². The van der Waals surface area contributed by atoms with Crippen LogP contribution in [0.15, 0.2) is 24.5 Å². The molecule has 0 N–H and O–H groups in total. The van der Waals surface area contributed by atoms with Gasteiger partial charge in [0.05, 0.1) is 17.6 Å². The predicted molar refractivity (Wildman–Crippen MR) is 72.9 cm³/mol. The molecule has 0 fully saturated rings. The average molecular weight is 263 g/mol. The Morgan fingerprint density at radius 3 is 2.83 bits per heavy atom. The van der Waals surface area contributed by atoms with Crippen LogP contribution in [0.25, 0.3) is 0 Å². The Morgan fingerprint density at radius 1 is 1.50 bits per heavy atom. The number of hydrogen-bond acceptors (Lipinski definition) is 4. The number of thiophene rings is 1. The van der Waals surface area contributed by atoms with Crippen molar-refractivity contribution >= 4 is 17.1 Å². The van der Waals surface area contributed by atoms with Gasteiger partial charge in [0.1, 0.15) is 0 Å². The zero-order valence-electron chi connectivity index (χ0n) is 10.9. The molecule has 0 unspecified atom stereocenters. The maximum atomic E-state index is 12.0. The van der Waals surface area contributed by atoms with Gasteiger partial charge in [0.15, 0.2) is 5.78 Å². The largest absolute Gasteiger partial charge is 0.294 e. The van der Waals surface area contributed by atoms with Gasteiger partial charge >= 0.3 is 0 Å². The van der Waals surface area contributed by atoms with E-state index in [9.17, 15) is 4.79 Å². The molecule has 0 spiro atoms. The molecule has 0 saturated carbocycles. The first-order valence-electron chi connectivity index (χ1n) is 5.80. The fraction of sp³-hybridized carbons (Fsp3) is 0.385. The van der Waals surface area contributed by atoms with Crippen molar-refractivity contribution in [2.24, 2.45) is 7.05 Å². The third-order valence-electron chi connectivity index (χ3n) is 2.64. The molecule has 0 radical (unpaired) electrons. The predicted octanol–water partition coefficient (Wildman–Crippen LogP) is 2.10. The van der Waals surface area contributed by atoms with E-state index in [2.05, 4.69) is 5.10 Å². The number of likely N-dealkylation sites (N-methyl/N-ethyl adjacent to an activating group) is 1. The van der Waals surface area contributed by atoms with Crippen molar-refractivity contribution < 1.29 is 4.79 Å². The lowest BCUT2D eigenvalue weighted by Crippen LogP contribution is -2.25. The topological polar surface area (TPSA) is 38.1 Å². The number of carbonyl (C=O) groups is 1. The van der Waals surface area contributed by atoms with E-state index in [0.29, 0.717) is 6.54 Å². The standard InChI is InChI=1S/C13H17N3OS/c1-10-4-5-13(18-10)12(17)9-15(2)7-11-6-14-16(3)8-11/h4-6,8H,7,9H2,1-3H3. The second kappa shape index (κ2) is 5.46. The van der Waals surface area contributed by atoms with Gasteiger partial charge in [0, 0.05) is 30.2 Å². The third-order valence-corrected chi connectivity index (χ3v) is 3.68. The molecule has 0 aromatic carbocycles. The van der Waals surface area contributed by atoms with Gasteiger partial charge in [-0.25, -0.2) is 0 Å². The minimum absolute atomic E-state index is 0.180. The average Bonchev–Trinajstić information content (AvgIpc) is 2.87. The van der Waals surface area contributed by atoms with Crippen LogP contribution >= 0.6 is 11.3 Å². The molecule has 2 rings (SSSR count). The van der Waals surface area contributed by atoms with Gasteiger partial charge in [-0.3, -0.25) is 14.4 Å². The Bertz CT molecular complexity index is 544. The van der Waals surface area contributed by atoms with E-state index in [1.807, 2.05) is 50.4 Å². The second-order valence-corrected chi connectivity index (χ2v) is 5.82. The molecular formula is C13H17N3OS. The SMILES string of the molecule is Cc1ccc(C(=O)CN(C)Cc2cnn(C)c2)s1. The van der Waals surface area contributed by atoms with Gasteiger partial charge in [0.25, 0.3) is 0 Å². The van der Waals surface area contributed by atoms with Gasteiger partial charge in [-0.2, -0.15) is 5.10 Å². The molecule has 0 aliphatic carbocycles. The fourth-order valence-corrected chi connectivity index (χ4v) is 2.63. The van der Waals surface area contributed by atoms with Crippen LogP contribution in [0.3, 0.4) is 0 Å². The highest BCUT2D eigenvalue weighted by molar-refractivity contribution is 7.14. The van der Waals surface area contributed by atoms with Crippen molar-refractivity contribution in [2.75, 3.05) is 13.6 Å². The summed E-state index contributed by atoms with van der Waals surface area (Å²) in [6.07, 6.45) is 3.80. The van der Waals surface area contributed by atoms with E-state index >= 15 is 0 Å². The number of nitrogens with zero attached hydrogens (tertiary/aromatic N) is 3. The molecule has 18 heavy (non-hydrogen) atoms. The molecule has 4 nitrogen and oxygen atoms in total. The van der Waals surface area contributed by atoms with Crippen LogP contribution in [-0.4, -0.2) is 34.1 Å². The lowest BCUT2D eigenvalue weighted by Gasteiger charge is -2.13. The van der Waals surface area contributed by atoms with E-state index in [1.54, 1.807) is 16.0 Å². The van der Waals surface area contributed by atoms with Crippen molar-refractivity contribution in [2.45, 2.75) is 13.5 Å². The highest BCUT2D eigenvalue weighted by Crippen LogP contribution is 2.16. The Labute approximate surface area is 111 Å². The minimum atomic E-state index is 0.180. The Hall–Kier alpha value is -1.46. The first kappa shape index (κ1) is 13.0. The van der Waals surface area contributed by atoms with Crippen LogP contribution in [0.2, 0.25) is 0 Å². The molecule has 2 aromatic rings. The molecule has 0 aliphatic rings. The fourth-order valence-electron chi connectivity index (χ4n) is 1.83. The lowest BCUT2D eigenvalue weighted by molar-refractivity contribution is 0.0947. The summed E-state index contributed by atoms with van der Waals surface area (Å²) < 4.78 is 1.77.